The van der Waals surface area contributed by atoms with Crippen molar-refractivity contribution < 1.29 is 15.0 Å². The smallest absolute Gasteiger partial charge is 0.323 e. The molecule has 0 saturated carbocycles. The van der Waals surface area contributed by atoms with Gasteiger partial charge in [0, 0.05) is 0 Å². The Kier molecular flexibility index (Phi) is 19.4. The fourth-order valence-electron chi connectivity index (χ4n) is 2.45. The predicted octanol–water partition coefficient (Wildman–Crippen LogP) is 5.17. The summed E-state index contributed by atoms with van der Waals surface area (Å²) < 4.78 is 0. The van der Waals surface area contributed by atoms with Gasteiger partial charge in [-0.1, -0.05) is 68.4 Å². The maximum absolute atomic E-state index is 10.7. The van der Waals surface area contributed by atoms with E-state index in [1.807, 2.05) is 0 Å². The normalized spacial score (nSPS) is 13.6. The molecule has 1 atom stereocenters. The number of carboxylic acids is 1. The summed E-state index contributed by atoms with van der Waals surface area (Å²) in [6, 6.07) is -0.846. The Morgan fingerprint density at radius 2 is 1.30 bits per heavy atom. The molecule has 0 spiro atoms. The van der Waals surface area contributed by atoms with E-state index in [0.717, 1.165) is 38.5 Å². The van der Waals surface area contributed by atoms with Gasteiger partial charge >= 0.3 is 5.97 Å². The van der Waals surface area contributed by atoms with E-state index in [9.17, 15) is 4.79 Å². The molecule has 0 aliphatic carbocycles. The molecule has 0 heterocycles. The second-order valence-electron chi connectivity index (χ2n) is 6.61. The van der Waals surface area contributed by atoms with Gasteiger partial charge in [0.2, 0.25) is 0 Å². The van der Waals surface area contributed by atoms with Gasteiger partial charge in [0.25, 0.3) is 0 Å². The lowest BCUT2D eigenvalue weighted by Gasteiger charge is -2.10. The van der Waals surface area contributed by atoms with Gasteiger partial charge < -0.3 is 15.5 Å². The second kappa shape index (κ2) is 20.7. The van der Waals surface area contributed by atoms with Crippen LogP contribution in [0.25, 0.3) is 0 Å². The summed E-state index contributed by atoms with van der Waals surface area (Å²) in [5, 5.41) is 20.5. The summed E-state index contributed by atoms with van der Waals surface area (Å²) >= 11 is 0. The zero-order valence-corrected chi connectivity index (χ0v) is 17.0. The number of hydrogen-bond acceptors (Lipinski definition) is 3. The Balaban J connectivity index is 3.47. The number of carbonyl (C=O) groups is 1. The molecule has 0 unspecified atom stereocenters. The van der Waals surface area contributed by atoms with E-state index in [-0.39, 0.29) is 6.61 Å². The minimum Gasteiger partial charge on any atom is -0.480 e. The molecule has 0 aromatic carbocycles. The maximum atomic E-state index is 10.7. The summed E-state index contributed by atoms with van der Waals surface area (Å²) in [6.07, 6.45) is 28.7. The molecular weight excluding hydrogens is 338 g/mol. The van der Waals surface area contributed by atoms with Crippen molar-refractivity contribution >= 4 is 5.97 Å². The van der Waals surface area contributed by atoms with Crippen LogP contribution in [0.15, 0.2) is 48.6 Å². The van der Waals surface area contributed by atoms with Crippen LogP contribution in [0.5, 0.6) is 0 Å². The minimum absolute atomic E-state index is 0.369. The molecule has 0 aliphatic heterocycles. The summed E-state index contributed by atoms with van der Waals surface area (Å²) in [5.74, 6) is -1.00. The lowest BCUT2D eigenvalue weighted by Crippen LogP contribution is -2.40. The molecule has 0 rings (SSSR count). The molecule has 0 bridgehead atoms. The summed E-state index contributed by atoms with van der Waals surface area (Å²) in [7, 11) is 0. The predicted molar refractivity (Wildman–Crippen MR) is 115 cm³/mol. The van der Waals surface area contributed by atoms with Crippen LogP contribution in [0.2, 0.25) is 0 Å². The highest BCUT2D eigenvalue weighted by atomic mass is 16.4. The molecule has 3 N–H and O–H groups in total. The Labute approximate surface area is 165 Å². The van der Waals surface area contributed by atoms with Crippen molar-refractivity contribution in [2.24, 2.45) is 0 Å². The van der Waals surface area contributed by atoms with Gasteiger partial charge in [-0.3, -0.25) is 4.79 Å². The Morgan fingerprint density at radius 1 is 0.815 bits per heavy atom. The van der Waals surface area contributed by atoms with E-state index in [1.165, 1.54) is 25.7 Å². The van der Waals surface area contributed by atoms with Crippen LogP contribution in [0.1, 0.15) is 71.1 Å². The summed E-state index contributed by atoms with van der Waals surface area (Å²) in [4.78, 5) is 10.7. The van der Waals surface area contributed by atoms with E-state index in [4.69, 9.17) is 10.2 Å². The van der Waals surface area contributed by atoms with Gasteiger partial charge in [-0.25, -0.2) is 0 Å². The van der Waals surface area contributed by atoms with Gasteiger partial charge in [-0.05, 0) is 57.9 Å². The van der Waals surface area contributed by atoms with Crippen molar-refractivity contribution in [3.63, 3.8) is 0 Å². The van der Waals surface area contributed by atoms with Gasteiger partial charge in [-0.15, -0.1) is 0 Å². The van der Waals surface area contributed by atoms with Crippen LogP contribution in [0, 0.1) is 0 Å². The fraction of sp³-hybridized carbons (Fsp3) is 0.609. The third-order valence-corrected chi connectivity index (χ3v) is 4.13. The van der Waals surface area contributed by atoms with Crippen molar-refractivity contribution in [3.8, 4) is 0 Å². The first-order valence-corrected chi connectivity index (χ1v) is 10.4. The van der Waals surface area contributed by atoms with Crippen molar-refractivity contribution in [1.29, 1.82) is 0 Å². The van der Waals surface area contributed by atoms with E-state index in [0.29, 0.717) is 6.54 Å². The van der Waals surface area contributed by atoms with Gasteiger partial charge in [-0.2, -0.15) is 0 Å². The van der Waals surface area contributed by atoms with E-state index in [1.54, 1.807) is 0 Å². The number of nitrogens with one attached hydrogen (secondary N) is 1. The van der Waals surface area contributed by atoms with Crippen LogP contribution >= 0.6 is 0 Å². The second-order valence-corrected chi connectivity index (χ2v) is 6.61. The van der Waals surface area contributed by atoms with Crippen LogP contribution < -0.4 is 5.32 Å². The molecule has 0 saturated heterocycles. The quantitative estimate of drug-likeness (QED) is 0.228. The van der Waals surface area contributed by atoms with Gasteiger partial charge in [0.1, 0.15) is 6.04 Å². The summed E-state index contributed by atoms with van der Waals surface area (Å²) in [5.41, 5.74) is 0. The number of aliphatic carboxylic acids is 1. The number of carboxylic acid groups (broad SMARTS) is 1. The molecular formula is C23H39NO3. The SMILES string of the molecule is CCCCC/C=C\C/C=C\C/C=C\C/C=C\CCCCN[C@@H](CO)C(=O)O. The number of unbranched alkanes of at least 4 members (excludes halogenated alkanes) is 5. The number of rotatable bonds is 18. The molecule has 0 amide bonds. The lowest BCUT2D eigenvalue weighted by molar-refractivity contribution is -0.140. The first kappa shape index (κ1) is 25.4. The van der Waals surface area contributed by atoms with Crippen molar-refractivity contribution in [3.05, 3.63) is 48.6 Å². The van der Waals surface area contributed by atoms with Crippen molar-refractivity contribution in [2.75, 3.05) is 13.2 Å². The van der Waals surface area contributed by atoms with Crippen LogP contribution in [-0.2, 0) is 4.79 Å². The first-order valence-electron chi connectivity index (χ1n) is 10.4. The lowest BCUT2D eigenvalue weighted by atomic mass is 10.2. The topological polar surface area (TPSA) is 69.6 Å². The largest absolute Gasteiger partial charge is 0.480 e. The highest BCUT2D eigenvalue weighted by molar-refractivity contribution is 5.73. The van der Waals surface area contributed by atoms with Gasteiger partial charge in [0.15, 0.2) is 0 Å². The first-order chi connectivity index (χ1) is 13.2. The van der Waals surface area contributed by atoms with Crippen LogP contribution in [0.3, 0.4) is 0 Å². The highest BCUT2D eigenvalue weighted by Gasteiger charge is 2.13. The van der Waals surface area contributed by atoms with Crippen molar-refractivity contribution in [2.45, 2.75) is 77.2 Å². The molecule has 154 valence electrons. The Bertz CT molecular complexity index is 453. The van der Waals surface area contributed by atoms with E-state index in [2.05, 4.69) is 60.8 Å². The molecule has 0 fully saturated rings. The monoisotopic (exact) mass is 377 g/mol. The summed E-state index contributed by atoms with van der Waals surface area (Å²) in [6.45, 7) is 2.48. The van der Waals surface area contributed by atoms with Crippen LogP contribution in [-0.4, -0.2) is 35.4 Å². The van der Waals surface area contributed by atoms with E-state index >= 15 is 0 Å². The standard InChI is InChI=1S/C23H39NO3/c1-2-3-4-5-6-7-8-9-10-11-12-13-14-15-16-17-18-19-20-24-22(21-25)23(26)27/h6-7,9-10,12-13,15-16,22,24-25H,2-5,8,11,14,17-21H2,1H3,(H,26,27)/b7-6-,10-9-,13-12-,16-15-/t22-/m0/s1. The highest BCUT2D eigenvalue weighted by Crippen LogP contribution is 2.01. The molecule has 0 aromatic heterocycles. The fourth-order valence-corrected chi connectivity index (χ4v) is 2.45. The molecule has 0 radical (unpaired) electrons. The average molecular weight is 378 g/mol. The molecule has 0 aliphatic rings. The Morgan fingerprint density at radius 3 is 1.74 bits per heavy atom. The van der Waals surface area contributed by atoms with Gasteiger partial charge in [0.05, 0.1) is 6.61 Å². The van der Waals surface area contributed by atoms with E-state index < -0.39 is 12.0 Å². The zero-order chi connectivity index (χ0) is 20.0. The molecule has 27 heavy (non-hydrogen) atoms. The van der Waals surface area contributed by atoms with Crippen molar-refractivity contribution in [1.82, 2.24) is 5.32 Å². The number of aliphatic hydroxyl groups is 1. The molecule has 0 aromatic rings. The molecule has 4 nitrogen and oxygen atoms in total. The Hall–Kier alpha value is -1.65. The third kappa shape index (κ3) is 18.9. The number of aliphatic hydroxyl groups excluding tert-OH is 1. The number of hydrogen-bond donors (Lipinski definition) is 3. The molecule has 4 heteroatoms. The van der Waals surface area contributed by atoms with Crippen LogP contribution in [0.4, 0.5) is 0 Å². The maximum Gasteiger partial charge on any atom is 0.323 e. The zero-order valence-electron chi connectivity index (χ0n) is 17.0. The minimum atomic E-state index is -1.00. The average Bonchev–Trinajstić information content (AvgIpc) is 2.66. The number of allylic oxidation sites excluding steroid dienone is 8. The third-order valence-electron chi connectivity index (χ3n) is 4.13.